The fourth-order valence-electron chi connectivity index (χ4n) is 6.39. The van der Waals surface area contributed by atoms with Crippen molar-refractivity contribution < 1.29 is 43.3 Å². The Kier molecular flexibility index (Phi) is 12.5. The first-order chi connectivity index (χ1) is 24.5. The van der Waals surface area contributed by atoms with Crippen LogP contribution in [0.25, 0.3) is 0 Å². The molecule has 0 aliphatic carbocycles. The second-order valence-electron chi connectivity index (χ2n) is 13.5. The molecule has 2 fully saturated rings. The third kappa shape index (κ3) is 9.96. The maximum Gasteiger partial charge on any atom is 0.410 e. The lowest BCUT2D eigenvalue weighted by atomic mass is 9.93. The van der Waals surface area contributed by atoms with Crippen molar-refractivity contribution in [3.8, 4) is 5.75 Å². The maximum atomic E-state index is 14.1. The number of hydrogen-bond donors (Lipinski definition) is 4. The molecule has 6 amide bonds. The summed E-state index contributed by atoms with van der Waals surface area (Å²) in [4.78, 5) is 83.9. The molecule has 15 heteroatoms. The number of aliphatic hydroxyl groups excluding tert-OH is 1. The molecule has 3 aliphatic heterocycles. The van der Waals surface area contributed by atoms with Gasteiger partial charge in [0.25, 0.3) is 5.91 Å². The molecular formula is C36H46N6O9. The van der Waals surface area contributed by atoms with Gasteiger partial charge in [-0.15, -0.1) is 0 Å². The predicted octanol–water partition coefficient (Wildman–Crippen LogP) is 0.0211. The van der Waals surface area contributed by atoms with Crippen molar-refractivity contribution in [3.63, 3.8) is 0 Å². The van der Waals surface area contributed by atoms with E-state index in [2.05, 4.69) is 16.0 Å². The summed E-state index contributed by atoms with van der Waals surface area (Å²) in [5.74, 6) is -2.55. The van der Waals surface area contributed by atoms with Gasteiger partial charge >= 0.3 is 6.09 Å². The minimum atomic E-state index is -1.32. The molecule has 0 unspecified atom stereocenters. The summed E-state index contributed by atoms with van der Waals surface area (Å²) in [7, 11) is 0. The van der Waals surface area contributed by atoms with Crippen molar-refractivity contribution in [2.45, 2.75) is 50.7 Å². The van der Waals surface area contributed by atoms with E-state index in [1.807, 2.05) is 50.2 Å². The molecule has 0 spiro atoms. The molecule has 4 N–H and O–H groups in total. The second-order valence-corrected chi connectivity index (χ2v) is 13.5. The molecule has 4 atom stereocenters. The average molecular weight is 707 g/mol. The van der Waals surface area contributed by atoms with Gasteiger partial charge in [-0.25, -0.2) is 4.79 Å². The van der Waals surface area contributed by atoms with Crippen LogP contribution in [0, 0.1) is 5.92 Å². The number of aliphatic hydroxyl groups is 1. The molecule has 51 heavy (non-hydrogen) atoms. The van der Waals surface area contributed by atoms with E-state index in [0.29, 0.717) is 18.7 Å². The monoisotopic (exact) mass is 706 g/mol. The molecular weight excluding hydrogens is 660 g/mol. The maximum absolute atomic E-state index is 14.1. The molecule has 2 aromatic rings. The van der Waals surface area contributed by atoms with Gasteiger partial charge < -0.3 is 40.3 Å². The second kappa shape index (κ2) is 17.2. The zero-order chi connectivity index (χ0) is 36.5. The molecule has 2 saturated heterocycles. The quantitative estimate of drug-likeness (QED) is 0.294. The number of benzene rings is 2. The van der Waals surface area contributed by atoms with E-state index in [0.717, 1.165) is 11.1 Å². The highest BCUT2D eigenvalue weighted by Gasteiger charge is 2.40. The first kappa shape index (κ1) is 37.1. The van der Waals surface area contributed by atoms with E-state index in [1.165, 1.54) is 9.80 Å². The first-order valence-electron chi connectivity index (χ1n) is 17.3. The topological polar surface area (TPSA) is 187 Å². The summed E-state index contributed by atoms with van der Waals surface area (Å²) in [6, 6.07) is 13.2. The summed E-state index contributed by atoms with van der Waals surface area (Å²) < 4.78 is 10.8. The van der Waals surface area contributed by atoms with Crippen molar-refractivity contribution >= 4 is 35.6 Å². The van der Waals surface area contributed by atoms with Crippen molar-refractivity contribution in [2.75, 3.05) is 59.1 Å². The number of carbonyl (C=O) groups is 6. The van der Waals surface area contributed by atoms with E-state index in [9.17, 15) is 33.9 Å². The normalized spacial score (nSPS) is 23.5. The van der Waals surface area contributed by atoms with Crippen molar-refractivity contribution in [1.29, 1.82) is 0 Å². The van der Waals surface area contributed by atoms with Crippen LogP contribution < -0.4 is 20.7 Å². The zero-order valence-corrected chi connectivity index (χ0v) is 28.9. The van der Waals surface area contributed by atoms with Gasteiger partial charge in [0.2, 0.25) is 23.6 Å². The van der Waals surface area contributed by atoms with Crippen molar-refractivity contribution in [3.05, 3.63) is 65.7 Å². The smallest absolute Gasteiger partial charge is 0.410 e. The average Bonchev–Trinajstić information content (AvgIpc) is 3.73. The zero-order valence-electron chi connectivity index (χ0n) is 28.9. The summed E-state index contributed by atoms with van der Waals surface area (Å²) >= 11 is 0. The van der Waals surface area contributed by atoms with E-state index in [-0.39, 0.29) is 51.0 Å². The summed E-state index contributed by atoms with van der Waals surface area (Å²) in [5.41, 5.74) is 1.51. The Balaban J connectivity index is 1.46. The van der Waals surface area contributed by atoms with Crippen LogP contribution in [0.4, 0.5) is 4.79 Å². The lowest BCUT2D eigenvalue weighted by Crippen LogP contribution is -2.56. The molecule has 0 saturated carbocycles. The van der Waals surface area contributed by atoms with Gasteiger partial charge in [0, 0.05) is 32.0 Å². The van der Waals surface area contributed by atoms with Crippen LogP contribution in [0.5, 0.6) is 5.75 Å². The highest BCUT2D eigenvalue weighted by atomic mass is 16.6. The van der Waals surface area contributed by atoms with Gasteiger partial charge in [0.05, 0.1) is 25.7 Å². The van der Waals surface area contributed by atoms with Crippen LogP contribution in [0.2, 0.25) is 0 Å². The minimum absolute atomic E-state index is 0.137. The summed E-state index contributed by atoms with van der Waals surface area (Å²) in [5, 5.41) is 18.5. The van der Waals surface area contributed by atoms with Crippen LogP contribution >= 0.6 is 0 Å². The first-order valence-corrected chi connectivity index (χ1v) is 17.3. The van der Waals surface area contributed by atoms with E-state index in [4.69, 9.17) is 9.47 Å². The van der Waals surface area contributed by atoms with E-state index in [1.54, 1.807) is 23.1 Å². The number of cyclic esters (lactones) is 1. The van der Waals surface area contributed by atoms with Gasteiger partial charge in [0.15, 0.2) is 6.61 Å². The Morgan fingerprint density at radius 3 is 2.37 bits per heavy atom. The standard InChI is InChI=1S/C36H46N6O9/c1-23(2)11-12-40-19-31(44)37-28(15-24-7-4-3-5-8-24)34(47)39-29-18-42(33(46)20-41-13-14-50-36(41)49)17-27(29)25-9-6-10-26(16-25)51-22-32(45)38-30(21-43)35(40)48/h3-10,16,23,27-30,43H,11-15,17-22H2,1-2H3,(H,37,44)(H,38,45)(H,39,47)/t27-,28-,29+,30-/m0/s1. The van der Waals surface area contributed by atoms with Gasteiger partial charge in [-0.1, -0.05) is 56.3 Å². The van der Waals surface area contributed by atoms with E-state index < -0.39 is 73.5 Å². The molecule has 2 aromatic carbocycles. The largest absolute Gasteiger partial charge is 0.484 e. The van der Waals surface area contributed by atoms with Gasteiger partial charge in [0.1, 0.15) is 31.0 Å². The fraction of sp³-hybridized carbons (Fsp3) is 0.500. The van der Waals surface area contributed by atoms with Crippen LogP contribution in [-0.2, 0) is 35.1 Å². The summed E-state index contributed by atoms with van der Waals surface area (Å²) in [6.07, 6.45) is 0.139. The Morgan fingerprint density at radius 2 is 1.67 bits per heavy atom. The van der Waals surface area contributed by atoms with E-state index >= 15 is 0 Å². The third-order valence-electron chi connectivity index (χ3n) is 9.20. The lowest BCUT2D eigenvalue weighted by molar-refractivity contribution is -0.141. The van der Waals surface area contributed by atoms with Crippen LogP contribution in [0.15, 0.2) is 54.6 Å². The Morgan fingerprint density at radius 1 is 0.902 bits per heavy atom. The van der Waals surface area contributed by atoms with Crippen LogP contribution in [0.1, 0.15) is 37.3 Å². The number of nitrogens with zero attached hydrogens (tertiary/aromatic N) is 3. The Hall–Kier alpha value is -5.18. The minimum Gasteiger partial charge on any atom is -0.484 e. The lowest BCUT2D eigenvalue weighted by Gasteiger charge is -2.29. The van der Waals surface area contributed by atoms with Gasteiger partial charge in [-0.05, 0) is 35.6 Å². The van der Waals surface area contributed by atoms with Crippen molar-refractivity contribution in [2.24, 2.45) is 5.92 Å². The number of hydrogen-bond acceptors (Lipinski definition) is 9. The molecule has 15 nitrogen and oxygen atoms in total. The van der Waals surface area contributed by atoms with Gasteiger partial charge in [-0.2, -0.15) is 0 Å². The number of rotatable bonds is 8. The summed E-state index contributed by atoms with van der Waals surface area (Å²) in [6.45, 7) is 3.24. The molecule has 3 aliphatic rings. The molecule has 0 radical (unpaired) electrons. The number of carbonyl (C=O) groups excluding carboxylic acids is 6. The predicted molar refractivity (Wildman–Crippen MR) is 183 cm³/mol. The highest BCUT2D eigenvalue weighted by Crippen LogP contribution is 2.30. The third-order valence-corrected chi connectivity index (χ3v) is 9.20. The molecule has 3 heterocycles. The van der Waals surface area contributed by atoms with Crippen LogP contribution in [0.3, 0.4) is 0 Å². The molecule has 2 bridgehead atoms. The fourth-order valence-corrected chi connectivity index (χ4v) is 6.39. The number of likely N-dealkylation sites (tertiary alicyclic amines) is 1. The molecule has 5 rings (SSSR count). The van der Waals surface area contributed by atoms with Crippen molar-refractivity contribution in [1.82, 2.24) is 30.7 Å². The molecule has 274 valence electrons. The Bertz CT molecular complexity index is 1590. The number of amides is 6. The molecule has 0 aromatic heterocycles. The van der Waals surface area contributed by atoms with Crippen LogP contribution in [-0.4, -0.2) is 133 Å². The van der Waals surface area contributed by atoms with Gasteiger partial charge in [-0.3, -0.25) is 28.9 Å². The number of nitrogens with one attached hydrogen (secondary N) is 3. The number of ether oxygens (including phenoxy) is 2. The highest BCUT2D eigenvalue weighted by molar-refractivity contribution is 5.93. The SMILES string of the molecule is CC(C)CCN1CC(=O)N[C@@H](Cc2ccccc2)C(=O)N[C@@H]2CN(C(=O)CN3CCOC3=O)C[C@H]2c2cccc(c2)OCC(=O)N[C@@H](CO)C1=O. The Labute approximate surface area is 296 Å². The number of fused-ring (bicyclic) bond motifs is 4.